The number of carbonyl (C=O) groups excluding carboxylic acids is 2. The van der Waals surface area contributed by atoms with Gasteiger partial charge in [-0.05, 0) is 89.3 Å². The fourth-order valence-electron chi connectivity index (χ4n) is 3.90. The van der Waals surface area contributed by atoms with E-state index in [2.05, 4.69) is 4.98 Å². The minimum absolute atomic E-state index is 0.0207. The van der Waals surface area contributed by atoms with Crippen LogP contribution in [0.2, 0.25) is 0 Å². The Morgan fingerprint density at radius 3 is 2.47 bits per heavy atom. The van der Waals surface area contributed by atoms with Crippen LogP contribution < -0.4 is 4.74 Å². The van der Waals surface area contributed by atoms with Crippen molar-refractivity contribution in [1.82, 2.24) is 14.8 Å². The van der Waals surface area contributed by atoms with E-state index in [1.165, 1.54) is 0 Å². The van der Waals surface area contributed by atoms with Crippen molar-refractivity contribution in [3.63, 3.8) is 0 Å². The van der Waals surface area contributed by atoms with E-state index in [1.54, 1.807) is 47.6 Å². The molecule has 1 aliphatic heterocycles. The Balaban J connectivity index is 2.05. The topological polar surface area (TPSA) is 83.0 Å². The SMILES string of the molecule is Cc1cc(/C(O)=C2\C(=O)C(=O)N(CCCN(C)C)C2c2ccncc2)ccc1OC(C)C. The highest BCUT2D eigenvalue weighted by molar-refractivity contribution is 6.46. The summed E-state index contributed by atoms with van der Waals surface area (Å²) in [6.45, 7) is 6.96. The molecule has 1 fully saturated rings. The van der Waals surface area contributed by atoms with Gasteiger partial charge in [-0.15, -0.1) is 0 Å². The Bertz CT molecular complexity index is 1020. The Labute approximate surface area is 189 Å². The summed E-state index contributed by atoms with van der Waals surface area (Å²) < 4.78 is 5.78. The van der Waals surface area contributed by atoms with Crippen LogP contribution in [0.5, 0.6) is 5.75 Å². The number of hydrogen-bond acceptors (Lipinski definition) is 6. The van der Waals surface area contributed by atoms with Gasteiger partial charge in [-0.25, -0.2) is 0 Å². The average molecular weight is 438 g/mol. The van der Waals surface area contributed by atoms with Gasteiger partial charge in [-0.3, -0.25) is 14.6 Å². The average Bonchev–Trinajstić information content (AvgIpc) is 2.99. The van der Waals surface area contributed by atoms with Crippen LogP contribution >= 0.6 is 0 Å². The van der Waals surface area contributed by atoms with Gasteiger partial charge >= 0.3 is 0 Å². The van der Waals surface area contributed by atoms with E-state index >= 15 is 0 Å². The number of aryl methyl sites for hydroxylation is 1. The lowest BCUT2D eigenvalue weighted by Gasteiger charge is -2.25. The number of nitrogens with zero attached hydrogens (tertiary/aromatic N) is 3. The number of hydrogen-bond donors (Lipinski definition) is 1. The van der Waals surface area contributed by atoms with Crippen molar-refractivity contribution in [2.75, 3.05) is 27.2 Å². The number of ketones is 1. The first-order chi connectivity index (χ1) is 15.2. The highest BCUT2D eigenvalue weighted by Gasteiger charge is 2.45. The second kappa shape index (κ2) is 9.96. The second-order valence-electron chi connectivity index (χ2n) is 8.58. The summed E-state index contributed by atoms with van der Waals surface area (Å²) in [5, 5.41) is 11.2. The zero-order valence-corrected chi connectivity index (χ0v) is 19.3. The Morgan fingerprint density at radius 1 is 1.19 bits per heavy atom. The third-order valence-corrected chi connectivity index (χ3v) is 5.38. The fraction of sp³-hybridized carbons (Fsp3) is 0.400. The van der Waals surface area contributed by atoms with Gasteiger partial charge in [-0.2, -0.15) is 0 Å². The molecule has 1 aromatic heterocycles. The van der Waals surface area contributed by atoms with Crippen molar-refractivity contribution in [3.8, 4) is 5.75 Å². The van der Waals surface area contributed by atoms with Gasteiger partial charge in [0.1, 0.15) is 11.5 Å². The van der Waals surface area contributed by atoms with Gasteiger partial charge in [0.2, 0.25) is 0 Å². The number of amides is 1. The van der Waals surface area contributed by atoms with Crippen LogP contribution in [0.1, 0.15) is 43.0 Å². The fourth-order valence-corrected chi connectivity index (χ4v) is 3.90. The predicted molar refractivity (Wildman–Crippen MR) is 123 cm³/mol. The van der Waals surface area contributed by atoms with Crippen molar-refractivity contribution < 1.29 is 19.4 Å². The van der Waals surface area contributed by atoms with Crippen LogP contribution in [0.3, 0.4) is 0 Å². The molecule has 3 rings (SSSR count). The molecule has 1 saturated heterocycles. The molecule has 0 aliphatic carbocycles. The minimum atomic E-state index is -0.672. The van der Waals surface area contributed by atoms with Crippen LogP contribution in [-0.4, -0.2) is 64.9 Å². The van der Waals surface area contributed by atoms with Crippen LogP contribution in [0.25, 0.3) is 5.76 Å². The highest BCUT2D eigenvalue weighted by atomic mass is 16.5. The Hall–Kier alpha value is -3.19. The number of rotatable bonds is 8. The third-order valence-electron chi connectivity index (χ3n) is 5.38. The molecule has 1 atom stereocenters. The van der Waals surface area contributed by atoms with Crippen LogP contribution in [-0.2, 0) is 9.59 Å². The number of ether oxygens (including phenoxy) is 1. The second-order valence-corrected chi connectivity index (χ2v) is 8.58. The zero-order valence-electron chi connectivity index (χ0n) is 19.3. The quantitative estimate of drug-likeness (QED) is 0.386. The molecule has 1 aliphatic rings. The van der Waals surface area contributed by atoms with Gasteiger partial charge in [0.15, 0.2) is 0 Å². The standard InChI is InChI=1S/C25H31N3O4/c1-16(2)32-20-8-7-19(15-17(20)3)23(29)21-22(18-9-11-26-12-10-18)28(25(31)24(21)30)14-6-13-27(4)5/h7-12,15-16,22,29H,6,13-14H2,1-5H3/b23-21+. The third kappa shape index (κ3) is 4.99. The van der Waals surface area contributed by atoms with Crippen LogP contribution in [0.4, 0.5) is 0 Å². The normalized spacial score (nSPS) is 18.1. The van der Waals surface area contributed by atoms with Gasteiger partial charge < -0.3 is 19.6 Å². The maximum absolute atomic E-state index is 13.0. The molecular weight excluding hydrogens is 406 g/mol. The Kier molecular flexibility index (Phi) is 7.30. The van der Waals surface area contributed by atoms with Gasteiger partial charge in [0.25, 0.3) is 11.7 Å². The number of aliphatic hydroxyl groups is 1. The van der Waals surface area contributed by atoms with Gasteiger partial charge in [-0.1, -0.05) is 0 Å². The molecule has 0 saturated carbocycles. The van der Waals surface area contributed by atoms with E-state index in [0.29, 0.717) is 24.3 Å². The first kappa shape index (κ1) is 23.5. The summed E-state index contributed by atoms with van der Waals surface area (Å²) in [7, 11) is 3.92. The van der Waals surface area contributed by atoms with E-state index < -0.39 is 17.7 Å². The van der Waals surface area contributed by atoms with E-state index in [9.17, 15) is 14.7 Å². The monoisotopic (exact) mass is 437 g/mol. The smallest absolute Gasteiger partial charge is 0.295 e. The molecule has 1 amide bonds. The summed E-state index contributed by atoms with van der Waals surface area (Å²) in [6.07, 6.45) is 3.98. The number of benzene rings is 1. The zero-order chi connectivity index (χ0) is 23.4. The number of likely N-dealkylation sites (tertiary alicyclic amines) is 1. The number of carbonyl (C=O) groups is 2. The molecule has 1 unspecified atom stereocenters. The van der Waals surface area contributed by atoms with Crippen molar-refractivity contribution in [3.05, 3.63) is 65.0 Å². The first-order valence-corrected chi connectivity index (χ1v) is 10.8. The van der Waals surface area contributed by atoms with Crippen LogP contribution in [0, 0.1) is 6.92 Å². The number of aliphatic hydroxyl groups excluding tert-OH is 1. The molecule has 0 spiro atoms. The molecule has 1 N–H and O–H groups in total. The lowest BCUT2D eigenvalue weighted by molar-refractivity contribution is -0.139. The molecule has 0 bridgehead atoms. The van der Waals surface area contributed by atoms with Gasteiger partial charge in [0.05, 0.1) is 17.7 Å². The summed E-state index contributed by atoms with van der Waals surface area (Å²) in [5.41, 5.74) is 2.15. The van der Waals surface area contributed by atoms with E-state index in [1.807, 2.05) is 39.8 Å². The van der Waals surface area contributed by atoms with Gasteiger partial charge in [0, 0.05) is 24.5 Å². The van der Waals surface area contributed by atoms with Crippen molar-refractivity contribution in [2.24, 2.45) is 0 Å². The molecule has 2 aromatic rings. The predicted octanol–water partition coefficient (Wildman–Crippen LogP) is 3.55. The molecule has 32 heavy (non-hydrogen) atoms. The maximum Gasteiger partial charge on any atom is 0.295 e. The molecule has 0 radical (unpaired) electrons. The largest absolute Gasteiger partial charge is 0.507 e. The van der Waals surface area contributed by atoms with Crippen molar-refractivity contribution in [1.29, 1.82) is 0 Å². The minimum Gasteiger partial charge on any atom is -0.507 e. The summed E-state index contributed by atoms with van der Waals surface area (Å²) in [6, 6.07) is 8.14. The van der Waals surface area contributed by atoms with E-state index in [0.717, 1.165) is 17.7 Å². The van der Waals surface area contributed by atoms with Crippen molar-refractivity contribution >= 4 is 17.4 Å². The molecule has 2 heterocycles. The maximum atomic E-state index is 13.0. The number of pyridine rings is 1. The number of aromatic nitrogens is 1. The lowest BCUT2D eigenvalue weighted by atomic mass is 9.95. The van der Waals surface area contributed by atoms with Crippen LogP contribution in [0.15, 0.2) is 48.3 Å². The Morgan fingerprint density at radius 2 is 1.88 bits per heavy atom. The summed E-state index contributed by atoms with van der Waals surface area (Å²) >= 11 is 0. The van der Waals surface area contributed by atoms with E-state index in [4.69, 9.17) is 4.74 Å². The highest BCUT2D eigenvalue weighted by Crippen LogP contribution is 2.39. The molecule has 170 valence electrons. The van der Waals surface area contributed by atoms with Crippen molar-refractivity contribution in [2.45, 2.75) is 39.3 Å². The summed E-state index contributed by atoms with van der Waals surface area (Å²) in [4.78, 5) is 33.6. The molecule has 7 heteroatoms. The number of Topliss-reactive ketones (excluding diaryl/α,β-unsaturated/α-hetero) is 1. The summed E-state index contributed by atoms with van der Waals surface area (Å²) in [5.74, 6) is -0.733. The molecule has 7 nitrogen and oxygen atoms in total. The molecular formula is C25H31N3O4. The van der Waals surface area contributed by atoms with E-state index in [-0.39, 0.29) is 17.4 Å². The molecule has 1 aromatic carbocycles. The lowest BCUT2D eigenvalue weighted by Crippen LogP contribution is -2.32. The first-order valence-electron chi connectivity index (χ1n) is 10.8.